The molecule has 0 aromatic heterocycles. The Morgan fingerprint density at radius 1 is 1.19 bits per heavy atom. The number of aryl methyl sites for hydroxylation is 1. The molecule has 0 aliphatic heterocycles. The van der Waals surface area contributed by atoms with Crippen LogP contribution >= 0.6 is 0 Å². The average Bonchev–Trinajstić information content (AvgIpc) is 2.35. The molecule has 2 amide bonds. The van der Waals surface area contributed by atoms with Gasteiger partial charge in [0.25, 0.3) is 0 Å². The summed E-state index contributed by atoms with van der Waals surface area (Å²) in [6.07, 6.45) is 0.383. The highest BCUT2D eigenvalue weighted by molar-refractivity contribution is 5.95. The number of methoxy groups -OCH3 is 1. The largest absolute Gasteiger partial charge is 0.495 e. The van der Waals surface area contributed by atoms with E-state index < -0.39 is 0 Å². The Balaban J connectivity index is 2.55. The van der Waals surface area contributed by atoms with Crippen molar-refractivity contribution in [3.63, 3.8) is 0 Å². The van der Waals surface area contributed by atoms with Crippen molar-refractivity contribution in [2.75, 3.05) is 19.0 Å². The van der Waals surface area contributed by atoms with E-state index in [0.717, 1.165) is 5.56 Å². The van der Waals surface area contributed by atoms with E-state index in [0.29, 0.717) is 17.9 Å². The second-order valence-corrected chi connectivity index (χ2v) is 6.27. The Morgan fingerprint density at radius 2 is 1.86 bits per heavy atom. The Hall–Kier alpha value is -2.04. The minimum atomic E-state index is -0.277. The quantitative estimate of drug-likeness (QED) is 0.876. The van der Waals surface area contributed by atoms with Crippen molar-refractivity contribution in [2.45, 2.75) is 34.1 Å². The standard InChI is InChI=1S/C16H24N2O3/c1-11-6-7-13(21-5)12(8-11)18-15(20)10-17-14(19)9-16(2,3)4/h6-8H,9-10H2,1-5H3,(H,17,19)(H,18,20). The van der Waals surface area contributed by atoms with Crippen molar-refractivity contribution in [3.8, 4) is 5.75 Å². The van der Waals surface area contributed by atoms with Crippen LogP contribution in [-0.2, 0) is 9.59 Å². The van der Waals surface area contributed by atoms with Gasteiger partial charge >= 0.3 is 0 Å². The van der Waals surface area contributed by atoms with Crippen LogP contribution in [0.2, 0.25) is 0 Å². The van der Waals surface area contributed by atoms with E-state index in [1.807, 2.05) is 39.8 Å². The summed E-state index contributed by atoms with van der Waals surface area (Å²) in [4.78, 5) is 23.6. The summed E-state index contributed by atoms with van der Waals surface area (Å²) in [6, 6.07) is 5.52. The molecule has 0 unspecified atom stereocenters. The molecule has 21 heavy (non-hydrogen) atoms. The number of carbonyl (C=O) groups excluding carboxylic acids is 2. The zero-order valence-electron chi connectivity index (χ0n) is 13.4. The molecular weight excluding hydrogens is 268 g/mol. The molecule has 0 atom stereocenters. The fourth-order valence-corrected chi connectivity index (χ4v) is 1.84. The minimum Gasteiger partial charge on any atom is -0.495 e. The van der Waals surface area contributed by atoms with Gasteiger partial charge in [0.05, 0.1) is 19.3 Å². The lowest BCUT2D eigenvalue weighted by Crippen LogP contribution is -2.34. The number of carbonyl (C=O) groups is 2. The first-order valence-electron chi connectivity index (χ1n) is 6.92. The van der Waals surface area contributed by atoms with Crippen LogP contribution < -0.4 is 15.4 Å². The lowest BCUT2D eigenvalue weighted by molar-refractivity contribution is -0.125. The van der Waals surface area contributed by atoms with Crippen molar-refractivity contribution in [1.29, 1.82) is 0 Å². The first-order chi connectivity index (χ1) is 9.71. The number of anilines is 1. The topological polar surface area (TPSA) is 67.4 Å². The number of nitrogens with one attached hydrogen (secondary N) is 2. The van der Waals surface area contributed by atoms with Crippen LogP contribution in [0.15, 0.2) is 18.2 Å². The van der Waals surface area contributed by atoms with Crippen molar-refractivity contribution < 1.29 is 14.3 Å². The summed E-state index contributed by atoms with van der Waals surface area (Å²) in [6.45, 7) is 7.81. The van der Waals surface area contributed by atoms with E-state index in [1.54, 1.807) is 13.2 Å². The van der Waals surface area contributed by atoms with Gasteiger partial charge in [0, 0.05) is 6.42 Å². The molecule has 5 nitrogen and oxygen atoms in total. The molecule has 0 radical (unpaired) electrons. The SMILES string of the molecule is COc1ccc(C)cc1NC(=O)CNC(=O)CC(C)(C)C. The van der Waals surface area contributed by atoms with Crippen LogP contribution in [0.5, 0.6) is 5.75 Å². The highest BCUT2D eigenvalue weighted by atomic mass is 16.5. The van der Waals surface area contributed by atoms with Gasteiger partial charge in [-0.05, 0) is 30.0 Å². The fraction of sp³-hybridized carbons (Fsp3) is 0.500. The van der Waals surface area contributed by atoms with Crippen molar-refractivity contribution >= 4 is 17.5 Å². The zero-order valence-corrected chi connectivity index (χ0v) is 13.4. The summed E-state index contributed by atoms with van der Waals surface area (Å²) in [5, 5.41) is 5.36. The van der Waals surface area contributed by atoms with Crippen LogP contribution in [-0.4, -0.2) is 25.5 Å². The molecule has 1 aromatic carbocycles. The monoisotopic (exact) mass is 292 g/mol. The third kappa shape index (κ3) is 6.29. The number of hydrogen-bond donors (Lipinski definition) is 2. The Morgan fingerprint density at radius 3 is 2.43 bits per heavy atom. The second-order valence-electron chi connectivity index (χ2n) is 6.27. The maximum atomic E-state index is 11.9. The van der Waals surface area contributed by atoms with Crippen LogP contribution in [0.1, 0.15) is 32.8 Å². The van der Waals surface area contributed by atoms with Crippen molar-refractivity contribution in [1.82, 2.24) is 5.32 Å². The van der Waals surface area contributed by atoms with E-state index in [-0.39, 0.29) is 23.8 Å². The van der Waals surface area contributed by atoms with Gasteiger partial charge in [0.2, 0.25) is 11.8 Å². The summed E-state index contributed by atoms with van der Waals surface area (Å²) < 4.78 is 5.19. The second kappa shape index (κ2) is 7.11. The van der Waals surface area contributed by atoms with E-state index in [2.05, 4.69) is 10.6 Å². The van der Waals surface area contributed by atoms with Crippen molar-refractivity contribution in [3.05, 3.63) is 23.8 Å². The van der Waals surface area contributed by atoms with Gasteiger partial charge in [-0.3, -0.25) is 9.59 Å². The fourth-order valence-electron chi connectivity index (χ4n) is 1.84. The van der Waals surface area contributed by atoms with Crippen LogP contribution in [0.25, 0.3) is 0 Å². The van der Waals surface area contributed by atoms with Gasteiger partial charge in [0.15, 0.2) is 0 Å². The molecule has 0 saturated heterocycles. The third-order valence-corrected chi connectivity index (χ3v) is 2.77. The van der Waals surface area contributed by atoms with E-state index in [1.165, 1.54) is 0 Å². The minimum absolute atomic E-state index is 0.0496. The molecule has 0 bridgehead atoms. The lowest BCUT2D eigenvalue weighted by atomic mass is 9.92. The van der Waals surface area contributed by atoms with Crippen LogP contribution in [0.3, 0.4) is 0 Å². The molecule has 1 aromatic rings. The normalized spacial score (nSPS) is 10.9. The van der Waals surface area contributed by atoms with Crippen LogP contribution in [0.4, 0.5) is 5.69 Å². The third-order valence-electron chi connectivity index (χ3n) is 2.77. The number of rotatable bonds is 5. The maximum absolute atomic E-state index is 11.9. The highest BCUT2D eigenvalue weighted by Crippen LogP contribution is 2.25. The molecule has 2 N–H and O–H groups in total. The molecule has 0 aliphatic rings. The van der Waals surface area contributed by atoms with Gasteiger partial charge in [-0.15, -0.1) is 0 Å². The number of hydrogen-bond acceptors (Lipinski definition) is 3. The Bertz CT molecular complexity index is 519. The van der Waals surface area contributed by atoms with E-state index >= 15 is 0 Å². The predicted octanol–water partition coefficient (Wildman–Crippen LogP) is 2.49. The number of benzene rings is 1. The molecule has 0 heterocycles. The van der Waals surface area contributed by atoms with Gasteiger partial charge in [-0.2, -0.15) is 0 Å². The molecule has 0 saturated carbocycles. The first kappa shape index (κ1) is 17.0. The average molecular weight is 292 g/mol. The summed E-state index contributed by atoms with van der Waals surface area (Å²) in [5.74, 6) is 0.185. The molecular formula is C16H24N2O3. The summed E-state index contributed by atoms with van der Waals surface area (Å²) in [7, 11) is 1.55. The number of amides is 2. The molecule has 0 fully saturated rings. The van der Waals surface area contributed by atoms with E-state index in [9.17, 15) is 9.59 Å². The summed E-state index contributed by atoms with van der Waals surface area (Å²) in [5.41, 5.74) is 1.52. The molecule has 0 spiro atoms. The van der Waals surface area contributed by atoms with Crippen molar-refractivity contribution in [2.24, 2.45) is 5.41 Å². The van der Waals surface area contributed by atoms with Gasteiger partial charge in [-0.25, -0.2) is 0 Å². The molecule has 5 heteroatoms. The first-order valence-corrected chi connectivity index (χ1v) is 6.92. The Kier molecular flexibility index (Phi) is 5.76. The van der Waals surface area contributed by atoms with E-state index in [4.69, 9.17) is 4.74 Å². The molecule has 1 rings (SSSR count). The number of ether oxygens (including phenoxy) is 1. The van der Waals surface area contributed by atoms with Gasteiger partial charge < -0.3 is 15.4 Å². The lowest BCUT2D eigenvalue weighted by Gasteiger charge is -2.17. The smallest absolute Gasteiger partial charge is 0.243 e. The zero-order chi connectivity index (χ0) is 16.0. The Labute approximate surface area is 126 Å². The van der Waals surface area contributed by atoms with Gasteiger partial charge in [0.1, 0.15) is 5.75 Å². The summed E-state index contributed by atoms with van der Waals surface area (Å²) >= 11 is 0. The predicted molar refractivity (Wildman–Crippen MR) is 83.4 cm³/mol. The maximum Gasteiger partial charge on any atom is 0.243 e. The highest BCUT2D eigenvalue weighted by Gasteiger charge is 2.16. The molecule has 0 aliphatic carbocycles. The van der Waals surface area contributed by atoms with Crippen LogP contribution in [0, 0.1) is 12.3 Å². The molecule has 116 valence electrons. The van der Waals surface area contributed by atoms with Gasteiger partial charge in [-0.1, -0.05) is 26.8 Å².